The van der Waals surface area contributed by atoms with E-state index in [9.17, 15) is 4.79 Å². The molecule has 0 spiro atoms. The van der Waals surface area contributed by atoms with Gasteiger partial charge in [0, 0.05) is 10.7 Å². The van der Waals surface area contributed by atoms with Crippen molar-refractivity contribution in [2.45, 2.75) is 38.1 Å². The van der Waals surface area contributed by atoms with Crippen molar-refractivity contribution in [3.63, 3.8) is 0 Å². The number of nitrogens with one attached hydrogen (secondary N) is 2. The van der Waals surface area contributed by atoms with Gasteiger partial charge in [-0.05, 0) is 43.7 Å². The smallest absolute Gasteiger partial charge is 0.241 e. The number of benzene rings is 1. The summed E-state index contributed by atoms with van der Waals surface area (Å²) in [5.41, 5.74) is 0.799. The Morgan fingerprint density at radius 3 is 2.67 bits per heavy atom. The summed E-state index contributed by atoms with van der Waals surface area (Å²) in [5, 5.41) is 6.92. The van der Waals surface area contributed by atoms with Crippen LogP contribution in [-0.2, 0) is 4.79 Å². The van der Waals surface area contributed by atoms with E-state index in [-0.39, 0.29) is 11.9 Å². The summed E-state index contributed by atoms with van der Waals surface area (Å²) in [6.45, 7) is 0.929. The molecule has 0 radical (unpaired) electrons. The normalized spacial score (nSPS) is 20.8. The Kier molecular flexibility index (Phi) is 5.02. The lowest BCUT2D eigenvalue weighted by Crippen LogP contribution is -2.41. The molecule has 0 aromatic heterocycles. The predicted octanol–water partition coefficient (Wildman–Crippen LogP) is 3.20. The van der Waals surface area contributed by atoms with E-state index in [4.69, 9.17) is 11.6 Å². The summed E-state index contributed by atoms with van der Waals surface area (Å²) in [5.74, 6) is 0.0548. The highest BCUT2D eigenvalue weighted by Crippen LogP contribution is 2.15. The molecule has 1 saturated heterocycles. The Balaban J connectivity index is 1.91. The van der Waals surface area contributed by atoms with Gasteiger partial charge in [0.1, 0.15) is 0 Å². The van der Waals surface area contributed by atoms with E-state index in [1.54, 1.807) is 12.1 Å². The lowest BCUT2D eigenvalue weighted by Gasteiger charge is -2.20. The minimum Gasteiger partial charge on any atom is -0.325 e. The molecule has 1 aromatic carbocycles. The second-order valence-corrected chi connectivity index (χ2v) is 5.14. The monoisotopic (exact) mass is 266 g/mol. The highest BCUT2D eigenvalue weighted by molar-refractivity contribution is 6.30. The SMILES string of the molecule is O=C(Nc1ccc(Cl)cc1)C1CCCCCCN1. The topological polar surface area (TPSA) is 41.1 Å². The fourth-order valence-electron chi connectivity index (χ4n) is 2.19. The van der Waals surface area contributed by atoms with Crippen LogP contribution in [0.1, 0.15) is 32.1 Å². The van der Waals surface area contributed by atoms with Gasteiger partial charge in [0.25, 0.3) is 0 Å². The number of amides is 1. The molecule has 1 aliphatic rings. The van der Waals surface area contributed by atoms with Crippen molar-refractivity contribution in [2.75, 3.05) is 11.9 Å². The third-order valence-corrected chi connectivity index (χ3v) is 3.49. The quantitative estimate of drug-likeness (QED) is 0.863. The summed E-state index contributed by atoms with van der Waals surface area (Å²) in [6, 6.07) is 7.14. The summed E-state index contributed by atoms with van der Waals surface area (Å²) < 4.78 is 0. The lowest BCUT2D eigenvalue weighted by molar-refractivity contribution is -0.118. The minimum absolute atomic E-state index is 0.0548. The van der Waals surface area contributed by atoms with Crippen LogP contribution in [0.15, 0.2) is 24.3 Å². The average Bonchev–Trinajstić information content (AvgIpc) is 2.31. The largest absolute Gasteiger partial charge is 0.325 e. The number of hydrogen-bond acceptors (Lipinski definition) is 2. The van der Waals surface area contributed by atoms with Crippen molar-refractivity contribution >= 4 is 23.2 Å². The first-order valence-corrected chi connectivity index (χ1v) is 6.93. The summed E-state index contributed by atoms with van der Waals surface area (Å²) in [4.78, 5) is 12.1. The molecule has 0 bridgehead atoms. The van der Waals surface area contributed by atoms with Crippen LogP contribution in [0.25, 0.3) is 0 Å². The van der Waals surface area contributed by atoms with Crippen molar-refractivity contribution in [3.05, 3.63) is 29.3 Å². The summed E-state index contributed by atoms with van der Waals surface area (Å²) in [7, 11) is 0. The third-order valence-electron chi connectivity index (χ3n) is 3.24. The van der Waals surface area contributed by atoms with Gasteiger partial charge in [0.05, 0.1) is 6.04 Å². The van der Waals surface area contributed by atoms with E-state index in [1.807, 2.05) is 12.1 Å². The summed E-state index contributed by atoms with van der Waals surface area (Å²) in [6.07, 6.45) is 5.68. The lowest BCUT2D eigenvalue weighted by atomic mass is 10.0. The second-order valence-electron chi connectivity index (χ2n) is 4.71. The molecule has 1 fully saturated rings. The predicted molar refractivity (Wildman–Crippen MR) is 75.0 cm³/mol. The van der Waals surface area contributed by atoms with Gasteiger partial charge >= 0.3 is 0 Å². The van der Waals surface area contributed by atoms with Gasteiger partial charge in [-0.1, -0.05) is 30.9 Å². The van der Waals surface area contributed by atoms with Gasteiger partial charge in [0.15, 0.2) is 0 Å². The molecule has 0 aliphatic carbocycles. The standard InChI is InChI=1S/C14H19ClN2O/c15-11-6-8-12(9-7-11)17-14(18)13-5-3-1-2-4-10-16-13/h6-9,13,16H,1-5,10H2,(H,17,18). The van der Waals surface area contributed by atoms with Crippen LogP contribution in [-0.4, -0.2) is 18.5 Å². The van der Waals surface area contributed by atoms with E-state index < -0.39 is 0 Å². The highest BCUT2D eigenvalue weighted by Gasteiger charge is 2.18. The van der Waals surface area contributed by atoms with Crippen molar-refractivity contribution < 1.29 is 4.79 Å². The molecule has 1 aromatic rings. The molecular weight excluding hydrogens is 248 g/mol. The zero-order valence-electron chi connectivity index (χ0n) is 10.4. The molecule has 2 rings (SSSR count). The minimum atomic E-state index is -0.0685. The maximum absolute atomic E-state index is 12.1. The number of carbonyl (C=O) groups is 1. The maximum Gasteiger partial charge on any atom is 0.241 e. The second kappa shape index (κ2) is 6.76. The number of carbonyl (C=O) groups excluding carboxylic acids is 1. The molecule has 0 saturated carbocycles. The van der Waals surface area contributed by atoms with E-state index in [0.717, 1.165) is 31.5 Å². The van der Waals surface area contributed by atoms with Crippen LogP contribution in [0.5, 0.6) is 0 Å². The zero-order valence-corrected chi connectivity index (χ0v) is 11.2. The van der Waals surface area contributed by atoms with Gasteiger partial charge in [-0.3, -0.25) is 4.79 Å². The molecule has 1 unspecified atom stereocenters. The van der Waals surface area contributed by atoms with E-state index in [0.29, 0.717) is 5.02 Å². The first kappa shape index (κ1) is 13.4. The molecule has 1 amide bonds. The number of rotatable bonds is 2. The Labute approximate surface area is 113 Å². The van der Waals surface area contributed by atoms with Crippen LogP contribution >= 0.6 is 11.6 Å². The first-order valence-electron chi connectivity index (χ1n) is 6.55. The molecule has 1 heterocycles. The third kappa shape index (κ3) is 4.00. The van der Waals surface area contributed by atoms with Crippen LogP contribution in [0.3, 0.4) is 0 Å². The maximum atomic E-state index is 12.1. The van der Waals surface area contributed by atoms with Crippen molar-refractivity contribution in [2.24, 2.45) is 0 Å². The number of hydrogen-bond donors (Lipinski definition) is 2. The average molecular weight is 267 g/mol. The Morgan fingerprint density at radius 2 is 1.89 bits per heavy atom. The van der Waals surface area contributed by atoms with Gasteiger partial charge in [-0.25, -0.2) is 0 Å². The van der Waals surface area contributed by atoms with Crippen LogP contribution in [0.4, 0.5) is 5.69 Å². The van der Waals surface area contributed by atoms with E-state index >= 15 is 0 Å². The van der Waals surface area contributed by atoms with Crippen molar-refractivity contribution in [1.29, 1.82) is 0 Å². The number of halogens is 1. The molecular formula is C14H19ClN2O. The fourth-order valence-corrected chi connectivity index (χ4v) is 2.32. The molecule has 1 atom stereocenters. The Morgan fingerprint density at radius 1 is 1.17 bits per heavy atom. The van der Waals surface area contributed by atoms with Gasteiger partial charge < -0.3 is 10.6 Å². The zero-order chi connectivity index (χ0) is 12.8. The van der Waals surface area contributed by atoms with Gasteiger partial charge in [-0.2, -0.15) is 0 Å². The molecule has 18 heavy (non-hydrogen) atoms. The molecule has 4 heteroatoms. The molecule has 1 aliphatic heterocycles. The highest BCUT2D eigenvalue weighted by atomic mass is 35.5. The van der Waals surface area contributed by atoms with Crippen molar-refractivity contribution in [1.82, 2.24) is 5.32 Å². The first-order chi connectivity index (χ1) is 8.75. The van der Waals surface area contributed by atoms with E-state index in [1.165, 1.54) is 12.8 Å². The van der Waals surface area contributed by atoms with Gasteiger partial charge in [0.2, 0.25) is 5.91 Å². The Bertz CT molecular complexity index is 383. The molecule has 2 N–H and O–H groups in total. The summed E-state index contributed by atoms with van der Waals surface area (Å²) >= 11 is 5.81. The van der Waals surface area contributed by atoms with E-state index in [2.05, 4.69) is 10.6 Å². The van der Waals surface area contributed by atoms with Crippen molar-refractivity contribution in [3.8, 4) is 0 Å². The number of anilines is 1. The van der Waals surface area contributed by atoms with Crippen LogP contribution in [0.2, 0.25) is 5.02 Å². The molecule has 3 nitrogen and oxygen atoms in total. The fraction of sp³-hybridized carbons (Fsp3) is 0.500. The molecule has 98 valence electrons. The van der Waals surface area contributed by atoms with Crippen LogP contribution in [0, 0.1) is 0 Å². The van der Waals surface area contributed by atoms with Gasteiger partial charge in [-0.15, -0.1) is 0 Å². The van der Waals surface area contributed by atoms with Crippen LogP contribution < -0.4 is 10.6 Å². The Hall–Kier alpha value is -1.06.